The highest BCUT2D eigenvalue weighted by atomic mass is 35.5. The highest BCUT2D eigenvalue weighted by molar-refractivity contribution is 6.27. The minimum atomic E-state index is -1.26. The maximum absolute atomic E-state index is 12.5. The molecule has 0 aliphatic rings. The van der Waals surface area contributed by atoms with Crippen LogP contribution in [0.3, 0.4) is 0 Å². The van der Waals surface area contributed by atoms with Crippen molar-refractivity contribution in [2.24, 2.45) is 0 Å². The van der Waals surface area contributed by atoms with Crippen LogP contribution in [0.5, 0.6) is 0 Å². The van der Waals surface area contributed by atoms with Crippen molar-refractivity contribution in [2.75, 3.05) is 11.2 Å². The van der Waals surface area contributed by atoms with Gasteiger partial charge >= 0.3 is 11.9 Å². The molecule has 0 radical (unpaired) electrons. The Morgan fingerprint density at radius 2 is 1.74 bits per heavy atom. The number of alkyl halides is 1. The molecule has 0 saturated heterocycles. The van der Waals surface area contributed by atoms with E-state index in [1.54, 1.807) is 28.9 Å². The third-order valence-electron chi connectivity index (χ3n) is 5.92. The van der Waals surface area contributed by atoms with Crippen molar-refractivity contribution in [1.29, 1.82) is 0 Å². The fraction of sp³-hybridized carbons (Fsp3) is 0.333. The zero-order valence-electron chi connectivity index (χ0n) is 21.4. The molecular formula is C27H30ClN5O6. The van der Waals surface area contributed by atoms with Crippen LogP contribution < -0.4 is 10.6 Å². The Morgan fingerprint density at radius 1 is 1.03 bits per heavy atom. The van der Waals surface area contributed by atoms with Crippen LogP contribution in [0.25, 0.3) is 11.1 Å². The molecule has 3 aromatic rings. The normalized spacial score (nSPS) is 11.5. The quantitative estimate of drug-likeness (QED) is 0.219. The topological polar surface area (TPSA) is 164 Å². The average Bonchev–Trinajstić information content (AvgIpc) is 3.30. The van der Waals surface area contributed by atoms with Gasteiger partial charge in [0.1, 0.15) is 17.7 Å². The van der Waals surface area contributed by atoms with Crippen molar-refractivity contribution < 1.29 is 29.4 Å². The number of anilines is 1. The molecule has 39 heavy (non-hydrogen) atoms. The van der Waals surface area contributed by atoms with E-state index >= 15 is 0 Å². The molecule has 1 atom stereocenters. The van der Waals surface area contributed by atoms with Crippen LogP contribution in [-0.4, -0.2) is 60.7 Å². The first-order chi connectivity index (χ1) is 18.7. The smallest absolute Gasteiger partial charge is 0.336 e. The highest BCUT2D eigenvalue weighted by Gasteiger charge is 2.21. The molecule has 0 bridgehead atoms. The van der Waals surface area contributed by atoms with Gasteiger partial charge in [0.25, 0.3) is 0 Å². The summed E-state index contributed by atoms with van der Waals surface area (Å²) in [6.45, 7) is 2.44. The number of halogens is 1. The number of rotatable bonds is 14. The van der Waals surface area contributed by atoms with Gasteiger partial charge in [-0.15, -0.1) is 16.7 Å². The second-order valence-corrected chi connectivity index (χ2v) is 9.11. The summed E-state index contributed by atoms with van der Waals surface area (Å²) >= 11 is 5.41. The minimum absolute atomic E-state index is 0.106. The predicted octanol–water partition coefficient (Wildman–Crippen LogP) is 3.56. The number of aromatic carboxylic acids is 1. The maximum atomic E-state index is 12.5. The van der Waals surface area contributed by atoms with E-state index in [4.69, 9.17) is 11.6 Å². The fourth-order valence-corrected chi connectivity index (χ4v) is 3.99. The zero-order valence-corrected chi connectivity index (χ0v) is 22.1. The van der Waals surface area contributed by atoms with Gasteiger partial charge in [0.15, 0.2) is 0 Å². The number of aryl methyl sites for hydroxylation is 1. The molecule has 12 heteroatoms. The van der Waals surface area contributed by atoms with Crippen LogP contribution in [0.2, 0.25) is 0 Å². The van der Waals surface area contributed by atoms with Crippen LogP contribution in [0, 0.1) is 0 Å². The molecule has 1 unspecified atom stereocenters. The number of hydrogen-bond acceptors (Lipinski definition) is 6. The van der Waals surface area contributed by atoms with Gasteiger partial charge in [0.2, 0.25) is 17.8 Å². The largest absolute Gasteiger partial charge is 0.480 e. The van der Waals surface area contributed by atoms with E-state index in [1.165, 1.54) is 0 Å². The van der Waals surface area contributed by atoms with Crippen molar-refractivity contribution in [3.8, 4) is 11.1 Å². The van der Waals surface area contributed by atoms with Crippen LogP contribution >= 0.6 is 11.6 Å². The number of carbonyl (C=O) groups is 4. The molecule has 11 nitrogen and oxygen atoms in total. The van der Waals surface area contributed by atoms with Crippen molar-refractivity contribution >= 4 is 41.3 Å². The van der Waals surface area contributed by atoms with E-state index in [1.807, 2.05) is 24.3 Å². The molecule has 1 heterocycles. The highest BCUT2D eigenvalue weighted by Crippen LogP contribution is 2.24. The molecule has 206 valence electrons. The summed E-state index contributed by atoms with van der Waals surface area (Å²) < 4.78 is 1.70. The number of nitrogens with one attached hydrogen (secondary N) is 2. The summed E-state index contributed by atoms with van der Waals surface area (Å²) in [5, 5.41) is 28.0. The second kappa shape index (κ2) is 14.1. The minimum Gasteiger partial charge on any atom is -0.480 e. The van der Waals surface area contributed by atoms with Crippen molar-refractivity contribution in [3.05, 3.63) is 65.5 Å². The molecule has 1 aromatic heterocycles. The van der Waals surface area contributed by atoms with Crippen LogP contribution in [0.4, 0.5) is 5.95 Å². The summed E-state index contributed by atoms with van der Waals surface area (Å²) in [6.07, 6.45) is 2.17. The third-order valence-corrected chi connectivity index (χ3v) is 6.17. The molecule has 4 N–H and O–H groups in total. The second-order valence-electron chi connectivity index (χ2n) is 8.84. The van der Waals surface area contributed by atoms with Crippen LogP contribution in [0.15, 0.2) is 48.5 Å². The van der Waals surface area contributed by atoms with Gasteiger partial charge in [-0.25, -0.2) is 14.3 Å². The molecule has 0 spiro atoms. The Hall–Kier alpha value is -4.25. The lowest BCUT2D eigenvalue weighted by Gasteiger charge is -2.12. The first kappa shape index (κ1) is 29.3. The summed E-state index contributed by atoms with van der Waals surface area (Å²) in [6, 6.07) is 13.0. The molecule has 0 aliphatic heterocycles. The van der Waals surface area contributed by atoms with E-state index in [0.717, 1.165) is 24.0 Å². The molecule has 2 aromatic carbocycles. The van der Waals surface area contributed by atoms with Crippen LogP contribution in [-0.2, 0) is 27.3 Å². The Bertz CT molecular complexity index is 1320. The molecule has 2 amide bonds. The number of carboxylic acid groups (broad SMARTS) is 2. The number of carbonyl (C=O) groups excluding carboxylic acids is 2. The summed E-state index contributed by atoms with van der Waals surface area (Å²) in [5.41, 5.74) is 2.53. The Kier molecular flexibility index (Phi) is 10.6. The SMILES string of the molecule is CCCCc1nc(NC(=O)CCC(NC(=O)CCl)C(=O)O)nn1Cc1ccc(-c2ccccc2C(=O)O)cc1. The molecule has 0 saturated carbocycles. The predicted molar refractivity (Wildman–Crippen MR) is 145 cm³/mol. The van der Waals surface area contributed by atoms with Crippen LogP contribution in [0.1, 0.15) is 54.4 Å². The van der Waals surface area contributed by atoms with E-state index in [-0.39, 0.29) is 30.2 Å². The van der Waals surface area contributed by atoms with E-state index in [0.29, 0.717) is 24.4 Å². The fourth-order valence-electron chi connectivity index (χ4n) is 3.91. The lowest BCUT2D eigenvalue weighted by molar-refractivity contribution is -0.141. The molecule has 0 fully saturated rings. The van der Waals surface area contributed by atoms with E-state index in [2.05, 4.69) is 27.6 Å². The average molecular weight is 556 g/mol. The van der Waals surface area contributed by atoms with Gasteiger partial charge in [0.05, 0.1) is 12.1 Å². The van der Waals surface area contributed by atoms with Gasteiger partial charge < -0.3 is 15.5 Å². The number of carboxylic acids is 2. The van der Waals surface area contributed by atoms with Gasteiger partial charge in [-0.1, -0.05) is 55.8 Å². The number of nitrogens with zero attached hydrogens (tertiary/aromatic N) is 3. The van der Waals surface area contributed by atoms with Gasteiger partial charge in [-0.3, -0.25) is 14.9 Å². The zero-order chi connectivity index (χ0) is 28.4. The summed E-state index contributed by atoms with van der Waals surface area (Å²) in [5.74, 6) is -2.96. The standard InChI is InChI=1S/C27H30ClN5O6/c1-2-3-8-22-30-27(31-23(34)14-13-21(26(38)39)29-24(35)15-28)32-33(22)16-17-9-11-18(12-10-17)19-6-4-5-7-20(19)25(36)37/h4-7,9-12,21H,2-3,8,13-16H2,1H3,(H,29,35)(H,36,37)(H,38,39)(H,31,32,34). The first-order valence-electron chi connectivity index (χ1n) is 12.4. The monoisotopic (exact) mass is 555 g/mol. The van der Waals surface area contributed by atoms with E-state index in [9.17, 15) is 29.4 Å². The van der Waals surface area contributed by atoms with E-state index < -0.39 is 29.8 Å². The Morgan fingerprint density at radius 3 is 2.38 bits per heavy atom. The Labute approximate surface area is 230 Å². The number of amides is 2. The maximum Gasteiger partial charge on any atom is 0.336 e. The number of unbranched alkanes of at least 4 members (excludes halogenated alkanes) is 1. The molecule has 0 aliphatic carbocycles. The Balaban J connectivity index is 1.70. The van der Waals surface area contributed by atoms with Gasteiger partial charge in [0, 0.05) is 12.8 Å². The third kappa shape index (κ3) is 8.37. The number of benzene rings is 2. The number of aliphatic carboxylic acids is 1. The molecular weight excluding hydrogens is 526 g/mol. The lowest BCUT2D eigenvalue weighted by atomic mass is 9.99. The van der Waals surface area contributed by atoms with Crippen molar-refractivity contribution in [1.82, 2.24) is 20.1 Å². The van der Waals surface area contributed by atoms with Gasteiger partial charge in [-0.2, -0.15) is 4.98 Å². The molecule has 3 rings (SSSR count). The summed E-state index contributed by atoms with van der Waals surface area (Å²) in [4.78, 5) is 51.3. The summed E-state index contributed by atoms with van der Waals surface area (Å²) in [7, 11) is 0. The first-order valence-corrected chi connectivity index (χ1v) is 13.0. The number of aromatic nitrogens is 3. The lowest BCUT2D eigenvalue weighted by Crippen LogP contribution is -2.41. The number of hydrogen-bond donors (Lipinski definition) is 4. The van der Waals surface area contributed by atoms with Gasteiger partial charge in [-0.05, 0) is 35.6 Å². The van der Waals surface area contributed by atoms with Crippen molar-refractivity contribution in [3.63, 3.8) is 0 Å². The van der Waals surface area contributed by atoms with Crippen molar-refractivity contribution in [2.45, 2.75) is 51.6 Å².